The number of nitrogens with zero attached hydrogens (tertiary/aromatic N) is 2. The fraction of sp³-hybridized carbons (Fsp3) is 0.357. The molecular formula is C14H17BrClN3O. The molecule has 0 aliphatic rings. The van der Waals surface area contributed by atoms with E-state index in [1.165, 1.54) is 0 Å². The highest BCUT2D eigenvalue weighted by atomic mass is 79.9. The third-order valence-electron chi connectivity index (χ3n) is 3.04. The van der Waals surface area contributed by atoms with Crippen LogP contribution in [0.4, 0.5) is 0 Å². The van der Waals surface area contributed by atoms with Crippen molar-refractivity contribution >= 4 is 27.5 Å². The summed E-state index contributed by atoms with van der Waals surface area (Å²) in [5.41, 5.74) is 2.97. The van der Waals surface area contributed by atoms with Crippen molar-refractivity contribution in [2.45, 2.75) is 20.1 Å². The van der Waals surface area contributed by atoms with Crippen LogP contribution in [-0.4, -0.2) is 16.8 Å². The second-order valence-electron chi connectivity index (χ2n) is 4.55. The van der Waals surface area contributed by atoms with E-state index in [2.05, 4.69) is 26.3 Å². The molecule has 1 heterocycles. The molecule has 0 atom stereocenters. The molecular weight excluding hydrogens is 342 g/mol. The van der Waals surface area contributed by atoms with Crippen LogP contribution in [0.5, 0.6) is 5.75 Å². The van der Waals surface area contributed by atoms with Gasteiger partial charge in [0.25, 0.3) is 0 Å². The second kappa shape index (κ2) is 6.61. The Hall–Kier alpha value is -1.04. The van der Waals surface area contributed by atoms with Crippen LogP contribution in [0.3, 0.4) is 0 Å². The number of halogens is 2. The summed E-state index contributed by atoms with van der Waals surface area (Å²) in [6.45, 7) is 3.13. The first kappa shape index (κ1) is 15.4. The minimum Gasteiger partial charge on any atom is -0.489 e. The zero-order valence-corrected chi connectivity index (χ0v) is 14.0. The minimum atomic E-state index is 0.416. The SMILES string of the molecule is CNCc1cc(OCc2c(C)nn(C)c2Cl)ccc1Br. The number of hydrogen-bond donors (Lipinski definition) is 1. The maximum atomic E-state index is 6.19. The van der Waals surface area contributed by atoms with Crippen molar-refractivity contribution in [1.29, 1.82) is 0 Å². The smallest absolute Gasteiger partial charge is 0.133 e. The van der Waals surface area contributed by atoms with Gasteiger partial charge in [0.15, 0.2) is 0 Å². The van der Waals surface area contributed by atoms with Crippen LogP contribution in [-0.2, 0) is 20.2 Å². The van der Waals surface area contributed by atoms with E-state index >= 15 is 0 Å². The predicted octanol–water partition coefficient (Wildman–Crippen LogP) is 3.44. The summed E-state index contributed by atoms with van der Waals surface area (Å²) in [7, 11) is 3.74. The Balaban J connectivity index is 2.13. The highest BCUT2D eigenvalue weighted by Crippen LogP contribution is 2.25. The first-order chi connectivity index (χ1) is 9.52. The molecule has 1 aromatic carbocycles. The molecule has 0 saturated heterocycles. The van der Waals surface area contributed by atoms with E-state index < -0.39 is 0 Å². The molecule has 2 aromatic rings. The van der Waals surface area contributed by atoms with Gasteiger partial charge in [-0.2, -0.15) is 5.10 Å². The fourth-order valence-electron chi connectivity index (χ4n) is 1.96. The standard InChI is InChI=1S/C14H17BrClN3O/c1-9-12(14(16)19(3)18-9)8-20-11-4-5-13(15)10(6-11)7-17-2/h4-6,17H,7-8H2,1-3H3. The van der Waals surface area contributed by atoms with E-state index in [0.717, 1.165) is 33.6 Å². The first-order valence-corrected chi connectivity index (χ1v) is 7.43. The van der Waals surface area contributed by atoms with Gasteiger partial charge in [0, 0.05) is 23.6 Å². The van der Waals surface area contributed by atoms with Gasteiger partial charge in [0.1, 0.15) is 17.5 Å². The molecule has 0 unspecified atom stereocenters. The second-order valence-corrected chi connectivity index (χ2v) is 5.76. The zero-order valence-electron chi connectivity index (χ0n) is 11.7. The van der Waals surface area contributed by atoms with Crippen LogP contribution < -0.4 is 10.1 Å². The number of nitrogens with one attached hydrogen (secondary N) is 1. The largest absolute Gasteiger partial charge is 0.489 e. The van der Waals surface area contributed by atoms with E-state index in [-0.39, 0.29) is 0 Å². The van der Waals surface area contributed by atoms with Gasteiger partial charge < -0.3 is 10.1 Å². The van der Waals surface area contributed by atoms with Gasteiger partial charge in [-0.3, -0.25) is 4.68 Å². The predicted molar refractivity (Wildman–Crippen MR) is 84.2 cm³/mol. The molecule has 0 aliphatic heterocycles. The molecule has 0 aliphatic carbocycles. The third kappa shape index (κ3) is 3.34. The summed E-state index contributed by atoms with van der Waals surface area (Å²) < 4.78 is 8.54. The number of aromatic nitrogens is 2. The van der Waals surface area contributed by atoms with Gasteiger partial charge in [-0.25, -0.2) is 0 Å². The number of aryl methyl sites for hydroxylation is 2. The number of hydrogen-bond acceptors (Lipinski definition) is 3. The molecule has 1 N–H and O–H groups in total. The van der Waals surface area contributed by atoms with E-state index in [9.17, 15) is 0 Å². The number of ether oxygens (including phenoxy) is 1. The Bertz CT molecular complexity index is 613. The molecule has 0 spiro atoms. The molecule has 0 saturated carbocycles. The van der Waals surface area contributed by atoms with Gasteiger partial charge in [-0.1, -0.05) is 27.5 Å². The lowest BCUT2D eigenvalue weighted by atomic mass is 10.2. The normalized spacial score (nSPS) is 10.8. The maximum absolute atomic E-state index is 6.19. The van der Waals surface area contributed by atoms with Crippen LogP contribution >= 0.6 is 27.5 Å². The molecule has 108 valence electrons. The van der Waals surface area contributed by atoms with E-state index in [1.807, 2.05) is 39.2 Å². The minimum absolute atomic E-state index is 0.416. The maximum Gasteiger partial charge on any atom is 0.133 e. The highest BCUT2D eigenvalue weighted by molar-refractivity contribution is 9.10. The van der Waals surface area contributed by atoms with E-state index in [4.69, 9.17) is 16.3 Å². The fourth-order valence-corrected chi connectivity index (χ4v) is 2.58. The average molecular weight is 359 g/mol. The van der Waals surface area contributed by atoms with Crippen molar-refractivity contribution in [3.63, 3.8) is 0 Å². The molecule has 4 nitrogen and oxygen atoms in total. The summed E-state index contributed by atoms with van der Waals surface area (Å²) in [5.74, 6) is 0.817. The molecule has 20 heavy (non-hydrogen) atoms. The van der Waals surface area contributed by atoms with Crippen LogP contribution in [0.1, 0.15) is 16.8 Å². The summed E-state index contributed by atoms with van der Waals surface area (Å²) >= 11 is 9.71. The van der Waals surface area contributed by atoms with Crippen LogP contribution in [0.15, 0.2) is 22.7 Å². The van der Waals surface area contributed by atoms with Gasteiger partial charge in [0.2, 0.25) is 0 Å². The van der Waals surface area contributed by atoms with Crippen molar-refractivity contribution in [1.82, 2.24) is 15.1 Å². The Morgan fingerprint density at radius 3 is 2.80 bits per heavy atom. The topological polar surface area (TPSA) is 39.1 Å². The lowest BCUT2D eigenvalue weighted by Gasteiger charge is -2.09. The van der Waals surface area contributed by atoms with Crippen molar-refractivity contribution in [3.05, 3.63) is 44.6 Å². The lowest BCUT2D eigenvalue weighted by Crippen LogP contribution is -2.06. The molecule has 1 aromatic heterocycles. The Morgan fingerprint density at radius 2 is 2.20 bits per heavy atom. The quantitative estimate of drug-likeness (QED) is 0.890. The molecule has 0 bridgehead atoms. The summed E-state index contributed by atoms with van der Waals surface area (Å²) in [5, 5.41) is 8.02. The molecule has 0 fully saturated rings. The summed E-state index contributed by atoms with van der Waals surface area (Å²) in [6.07, 6.45) is 0. The van der Waals surface area contributed by atoms with Crippen molar-refractivity contribution in [2.24, 2.45) is 7.05 Å². The van der Waals surface area contributed by atoms with Crippen LogP contribution in [0, 0.1) is 6.92 Å². The highest BCUT2D eigenvalue weighted by Gasteiger charge is 2.12. The summed E-state index contributed by atoms with van der Waals surface area (Å²) in [6, 6.07) is 5.93. The van der Waals surface area contributed by atoms with Crippen LogP contribution in [0.2, 0.25) is 5.15 Å². The number of rotatable bonds is 5. The molecule has 2 rings (SSSR count). The monoisotopic (exact) mass is 357 g/mol. The zero-order chi connectivity index (χ0) is 14.7. The molecule has 6 heteroatoms. The van der Waals surface area contributed by atoms with Crippen LogP contribution in [0.25, 0.3) is 0 Å². The Labute approximate surface area is 132 Å². The van der Waals surface area contributed by atoms with Crippen molar-refractivity contribution in [3.8, 4) is 5.75 Å². The third-order valence-corrected chi connectivity index (χ3v) is 4.28. The lowest BCUT2D eigenvalue weighted by molar-refractivity contribution is 0.305. The van der Waals surface area contributed by atoms with Crippen molar-refractivity contribution in [2.75, 3.05) is 7.05 Å². The number of benzene rings is 1. The van der Waals surface area contributed by atoms with Gasteiger partial charge in [-0.05, 0) is 37.7 Å². The molecule has 0 radical (unpaired) electrons. The van der Waals surface area contributed by atoms with Gasteiger partial charge in [0.05, 0.1) is 5.69 Å². The summed E-state index contributed by atoms with van der Waals surface area (Å²) in [4.78, 5) is 0. The van der Waals surface area contributed by atoms with Crippen molar-refractivity contribution < 1.29 is 4.74 Å². The van der Waals surface area contributed by atoms with E-state index in [1.54, 1.807) is 4.68 Å². The first-order valence-electron chi connectivity index (χ1n) is 6.26. The Kier molecular flexibility index (Phi) is 5.07. The van der Waals surface area contributed by atoms with E-state index in [0.29, 0.717) is 11.8 Å². The Morgan fingerprint density at radius 1 is 1.45 bits per heavy atom. The average Bonchev–Trinajstić information content (AvgIpc) is 2.65. The van der Waals surface area contributed by atoms with Gasteiger partial charge >= 0.3 is 0 Å². The van der Waals surface area contributed by atoms with Gasteiger partial charge in [-0.15, -0.1) is 0 Å². The molecule has 0 amide bonds.